The summed E-state index contributed by atoms with van der Waals surface area (Å²) in [5, 5.41) is 0. The highest BCUT2D eigenvalue weighted by atomic mass is 32.2. The molecule has 0 atom stereocenters. The van der Waals surface area contributed by atoms with E-state index in [9.17, 15) is 17.2 Å². The number of benzene rings is 1. The van der Waals surface area contributed by atoms with E-state index >= 15 is 0 Å². The third-order valence-corrected chi connectivity index (χ3v) is 3.07. The van der Waals surface area contributed by atoms with E-state index in [2.05, 4.69) is 4.18 Å². The minimum Gasteiger partial charge on any atom is -0.199 e. The Morgan fingerprint density at radius 1 is 1.31 bits per heavy atom. The summed E-state index contributed by atoms with van der Waals surface area (Å²) in [7, 11) is -4.35. The van der Waals surface area contributed by atoms with Gasteiger partial charge in [-0.05, 0) is 18.6 Å². The van der Waals surface area contributed by atoms with Crippen LogP contribution >= 0.6 is 0 Å². The molecule has 0 saturated heterocycles. The summed E-state index contributed by atoms with van der Waals surface area (Å²) >= 11 is 0. The summed E-state index contributed by atoms with van der Waals surface area (Å²) in [5.74, 6) is 0. The van der Waals surface area contributed by atoms with Crippen molar-refractivity contribution < 1.29 is 21.4 Å². The maximum Gasteiger partial charge on any atom is 0.359 e. The molecule has 0 bridgehead atoms. The number of hydrogen-bond donors (Lipinski definition) is 0. The summed E-state index contributed by atoms with van der Waals surface area (Å²) in [6, 6.07) is 8.49. The molecule has 1 aromatic rings. The lowest BCUT2D eigenvalue weighted by Gasteiger charge is -2.04. The molecule has 6 heteroatoms. The summed E-state index contributed by atoms with van der Waals surface area (Å²) in [6.45, 7) is -2.14. The van der Waals surface area contributed by atoms with Gasteiger partial charge in [-0.15, -0.1) is 0 Å². The quantitative estimate of drug-likeness (QED) is 0.769. The van der Waals surface area contributed by atoms with Crippen molar-refractivity contribution in [1.29, 1.82) is 0 Å². The van der Waals surface area contributed by atoms with Crippen LogP contribution in [-0.4, -0.2) is 15.0 Å². The molecule has 0 spiro atoms. The molecule has 0 saturated carbocycles. The zero-order valence-corrected chi connectivity index (χ0v) is 9.25. The van der Waals surface area contributed by atoms with Gasteiger partial charge in [0.25, 0.3) is 10.1 Å². The molecule has 0 unspecified atom stereocenters. The molecule has 0 N–H and O–H groups in total. The second-order valence-electron chi connectivity index (χ2n) is 2.98. The normalized spacial score (nSPS) is 13.1. The van der Waals surface area contributed by atoms with Gasteiger partial charge in [-0.2, -0.15) is 21.4 Å². The predicted molar refractivity (Wildman–Crippen MR) is 56.1 cm³/mol. The number of halogens is 2. The summed E-state index contributed by atoms with van der Waals surface area (Å²) in [6.07, 6.45) is 1.26. The molecular formula is C10H10F2O3S. The van der Waals surface area contributed by atoms with E-state index in [0.29, 0.717) is 5.56 Å². The Hall–Kier alpha value is -1.27. The van der Waals surface area contributed by atoms with Gasteiger partial charge < -0.3 is 0 Å². The predicted octanol–water partition coefficient (Wildman–Crippen LogP) is 2.62. The molecule has 0 aliphatic carbocycles. The largest absolute Gasteiger partial charge is 0.359 e. The molecule has 88 valence electrons. The lowest BCUT2D eigenvalue weighted by Crippen LogP contribution is -2.10. The average Bonchev–Trinajstić information content (AvgIpc) is 2.17. The van der Waals surface area contributed by atoms with Crippen LogP contribution in [0.25, 0.3) is 6.08 Å². The molecule has 3 nitrogen and oxygen atoms in total. The van der Waals surface area contributed by atoms with E-state index in [-0.39, 0.29) is 4.91 Å². The van der Waals surface area contributed by atoms with Crippen LogP contribution in [0.4, 0.5) is 8.78 Å². The Morgan fingerprint density at radius 3 is 2.38 bits per heavy atom. The zero-order chi connectivity index (χ0) is 12.2. The second kappa shape index (κ2) is 5.18. The highest BCUT2D eigenvalue weighted by molar-refractivity contribution is 7.90. The minimum absolute atomic E-state index is 0.265. The molecular weight excluding hydrogens is 238 g/mol. The Balaban J connectivity index is 2.94. The lowest BCUT2D eigenvalue weighted by molar-refractivity contribution is -0.0436. The molecule has 0 amide bonds. The molecule has 0 aliphatic heterocycles. The van der Waals surface area contributed by atoms with Gasteiger partial charge in [0.1, 0.15) is 0 Å². The van der Waals surface area contributed by atoms with E-state index in [1.807, 2.05) is 0 Å². The van der Waals surface area contributed by atoms with Crippen LogP contribution in [0.15, 0.2) is 35.2 Å². The fraction of sp³-hybridized carbons (Fsp3) is 0.200. The molecule has 0 heterocycles. The Kier molecular flexibility index (Phi) is 4.14. The van der Waals surface area contributed by atoms with Crippen LogP contribution in [0, 0.1) is 0 Å². The first-order chi connectivity index (χ1) is 7.42. The fourth-order valence-electron chi connectivity index (χ4n) is 1.03. The topological polar surface area (TPSA) is 43.4 Å². The van der Waals surface area contributed by atoms with Gasteiger partial charge in [0.05, 0.1) is 4.91 Å². The first kappa shape index (κ1) is 12.8. The van der Waals surface area contributed by atoms with Crippen LogP contribution in [0.2, 0.25) is 0 Å². The third kappa shape index (κ3) is 3.71. The van der Waals surface area contributed by atoms with Crippen molar-refractivity contribution >= 4 is 16.2 Å². The van der Waals surface area contributed by atoms with Crippen molar-refractivity contribution in [2.24, 2.45) is 0 Å². The molecule has 0 aromatic heterocycles. The summed E-state index contributed by atoms with van der Waals surface area (Å²) in [5.41, 5.74) is 0.599. The Labute approximate surface area is 92.5 Å². The van der Waals surface area contributed by atoms with E-state index in [1.165, 1.54) is 13.0 Å². The summed E-state index contributed by atoms with van der Waals surface area (Å²) < 4.78 is 49.5. The zero-order valence-electron chi connectivity index (χ0n) is 8.43. The monoisotopic (exact) mass is 248 g/mol. The SMILES string of the molecule is CC(=Cc1ccccc1)S(=O)(=O)OC(F)F. The van der Waals surface area contributed by atoms with E-state index in [0.717, 1.165) is 0 Å². The number of allylic oxidation sites excluding steroid dienone is 1. The van der Waals surface area contributed by atoms with Crippen molar-refractivity contribution in [3.05, 3.63) is 40.8 Å². The van der Waals surface area contributed by atoms with E-state index in [1.54, 1.807) is 30.3 Å². The average molecular weight is 248 g/mol. The van der Waals surface area contributed by atoms with Crippen LogP contribution in [0.5, 0.6) is 0 Å². The first-order valence-corrected chi connectivity index (χ1v) is 5.77. The second-order valence-corrected chi connectivity index (χ2v) is 4.72. The molecule has 0 aliphatic rings. The van der Waals surface area contributed by atoms with Gasteiger partial charge >= 0.3 is 6.61 Å². The van der Waals surface area contributed by atoms with Crippen molar-refractivity contribution in [2.45, 2.75) is 13.5 Å². The third-order valence-electron chi connectivity index (χ3n) is 1.76. The van der Waals surface area contributed by atoms with Crippen LogP contribution < -0.4 is 0 Å². The highest BCUT2D eigenvalue weighted by Crippen LogP contribution is 2.16. The van der Waals surface area contributed by atoms with E-state index < -0.39 is 16.7 Å². The van der Waals surface area contributed by atoms with Gasteiger partial charge in [0.2, 0.25) is 0 Å². The maximum absolute atomic E-state index is 11.8. The molecule has 1 aromatic carbocycles. The minimum atomic E-state index is -4.35. The van der Waals surface area contributed by atoms with Crippen molar-refractivity contribution in [3.8, 4) is 0 Å². The molecule has 0 fully saturated rings. The lowest BCUT2D eigenvalue weighted by atomic mass is 10.2. The maximum atomic E-state index is 11.8. The van der Waals surface area contributed by atoms with Gasteiger partial charge in [-0.3, -0.25) is 0 Å². The van der Waals surface area contributed by atoms with E-state index in [4.69, 9.17) is 0 Å². The Bertz CT molecular complexity index is 466. The molecule has 1 rings (SSSR count). The number of hydrogen-bond acceptors (Lipinski definition) is 3. The number of alkyl halides is 2. The standard InChI is InChI=1S/C10H10F2O3S/c1-8(16(13,14)15-10(11)12)7-9-5-3-2-4-6-9/h2-7,10H,1H3. The van der Waals surface area contributed by atoms with Crippen LogP contribution in [-0.2, 0) is 14.3 Å². The molecule has 0 radical (unpaired) electrons. The van der Waals surface area contributed by atoms with Crippen molar-refractivity contribution in [3.63, 3.8) is 0 Å². The van der Waals surface area contributed by atoms with Crippen molar-refractivity contribution in [1.82, 2.24) is 0 Å². The van der Waals surface area contributed by atoms with Crippen LogP contribution in [0.1, 0.15) is 12.5 Å². The van der Waals surface area contributed by atoms with Gasteiger partial charge in [0.15, 0.2) is 0 Å². The highest BCUT2D eigenvalue weighted by Gasteiger charge is 2.20. The fourth-order valence-corrected chi connectivity index (χ4v) is 1.65. The van der Waals surface area contributed by atoms with Crippen molar-refractivity contribution in [2.75, 3.05) is 0 Å². The molecule has 16 heavy (non-hydrogen) atoms. The summed E-state index contributed by atoms with van der Waals surface area (Å²) in [4.78, 5) is -0.265. The smallest absolute Gasteiger partial charge is 0.199 e. The van der Waals surface area contributed by atoms with Gasteiger partial charge in [0, 0.05) is 0 Å². The first-order valence-electron chi connectivity index (χ1n) is 4.36. The van der Waals surface area contributed by atoms with Crippen LogP contribution in [0.3, 0.4) is 0 Å². The van der Waals surface area contributed by atoms with Gasteiger partial charge in [-0.1, -0.05) is 30.3 Å². The van der Waals surface area contributed by atoms with Gasteiger partial charge in [-0.25, -0.2) is 0 Å². The number of rotatable bonds is 4. The Morgan fingerprint density at radius 2 is 1.88 bits per heavy atom.